The first kappa shape index (κ1) is 13.7. The molecule has 0 amide bonds. The number of aliphatic hydroxyl groups excluding tert-OH is 1. The molecule has 16 heavy (non-hydrogen) atoms. The Balaban J connectivity index is 2.83. The van der Waals surface area contributed by atoms with E-state index in [1.165, 1.54) is 0 Å². The maximum absolute atomic E-state index is 12.1. The maximum atomic E-state index is 12.1. The fourth-order valence-electron chi connectivity index (χ4n) is 2.75. The molecule has 1 rings (SSSR count). The van der Waals surface area contributed by atoms with Crippen LogP contribution in [0, 0.1) is 22.7 Å². The van der Waals surface area contributed by atoms with Crippen molar-refractivity contribution in [2.45, 2.75) is 60.5 Å². The van der Waals surface area contributed by atoms with Crippen LogP contribution in [0.3, 0.4) is 0 Å². The third-order valence-electron chi connectivity index (χ3n) is 3.91. The molecule has 1 aliphatic rings. The highest BCUT2D eigenvalue weighted by molar-refractivity contribution is 5.83. The first-order valence-electron chi connectivity index (χ1n) is 6.24. The lowest BCUT2D eigenvalue weighted by atomic mass is 9.62. The Morgan fingerprint density at radius 2 is 1.56 bits per heavy atom. The molecule has 1 fully saturated rings. The quantitative estimate of drug-likeness (QED) is 0.689. The Kier molecular flexibility index (Phi) is 3.54. The zero-order valence-corrected chi connectivity index (χ0v) is 11.5. The summed E-state index contributed by atoms with van der Waals surface area (Å²) in [5.74, 6) is 0.456. The van der Waals surface area contributed by atoms with E-state index in [9.17, 15) is 9.90 Å². The summed E-state index contributed by atoms with van der Waals surface area (Å²) < 4.78 is 0. The van der Waals surface area contributed by atoms with Gasteiger partial charge in [-0.15, -0.1) is 0 Å². The van der Waals surface area contributed by atoms with Gasteiger partial charge in [0.1, 0.15) is 5.78 Å². The van der Waals surface area contributed by atoms with Crippen molar-refractivity contribution >= 4 is 5.78 Å². The summed E-state index contributed by atoms with van der Waals surface area (Å²) in [6, 6.07) is 0. The van der Waals surface area contributed by atoms with E-state index in [0.717, 1.165) is 0 Å². The van der Waals surface area contributed by atoms with Gasteiger partial charge in [-0.2, -0.15) is 0 Å². The van der Waals surface area contributed by atoms with E-state index < -0.39 is 0 Å². The monoisotopic (exact) mass is 226 g/mol. The SMILES string of the molecule is CC(C)(C)[C@@H]1C[C@@H](O)[C@@H](C(C)(C)C)CC1=O. The zero-order valence-electron chi connectivity index (χ0n) is 11.5. The van der Waals surface area contributed by atoms with Crippen molar-refractivity contribution in [2.75, 3.05) is 0 Å². The minimum Gasteiger partial charge on any atom is -0.393 e. The minimum absolute atomic E-state index is 0.0118. The molecule has 0 heterocycles. The number of hydrogen-bond acceptors (Lipinski definition) is 2. The molecule has 0 aliphatic heterocycles. The van der Waals surface area contributed by atoms with Crippen LogP contribution in [0.1, 0.15) is 54.4 Å². The van der Waals surface area contributed by atoms with Gasteiger partial charge in [-0.05, 0) is 23.2 Å². The highest BCUT2D eigenvalue weighted by Crippen LogP contribution is 2.43. The molecule has 0 unspecified atom stereocenters. The van der Waals surface area contributed by atoms with E-state index in [2.05, 4.69) is 41.5 Å². The molecule has 0 saturated heterocycles. The van der Waals surface area contributed by atoms with E-state index in [0.29, 0.717) is 18.6 Å². The summed E-state index contributed by atoms with van der Waals surface area (Å²) in [7, 11) is 0. The molecule has 0 aromatic heterocycles. The molecule has 1 saturated carbocycles. The van der Waals surface area contributed by atoms with Gasteiger partial charge in [0.05, 0.1) is 6.10 Å². The van der Waals surface area contributed by atoms with E-state index >= 15 is 0 Å². The molecule has 0 radical (unpaired) electrons. The smallest absolute Gasteiger partial charge is 0.136 e. The lowest BCUT2D eigenvalue weighted by Crippen LogP contribution is -2.45. The van der Waals surface area contributed by atoms with Crippen molar-refractivity contribution < 1.29 is 9.90 Å². The third-order valence-corrected chi connectivity index (χ3v) is 3.91. The van der Waals surface area contributed by atoms with Crippen molar-refractivity contribution in [1.82, 2.24) is 0 Å². The molecule has 1 N–H and O–H groups in total. The molecule has 0 aromatic rings. The van der Waals surface area contributed by atoms with Gasteiger partial charge in [-0.3, -0.25) is 4.79 Å². The van der Waals surface area contributed by atoms with Gasteiger partial charge in [0.2, 0.25) is 0 Å². The molecule has 2 nitrogen and oxygen atoms in total. The van der Waals surface area contributed by atoms with E-state index in [1.807, 2.05) is 0 Å². The van der Waals surface area contributed by atoms with Crippen LogP contribution in [-0.2, 0) is 4.79 Å². The van der Waals surface area contributed by atoms with Crippen molar-refractivity contribution in [3.63, 3.8) is 0 Å². The van der Waals surface area contributed by atoms with Crippen LogP contribution in [0.25, 0.3) is 0 Å². The predicted molar refractivity (Wildman–Crippen MR) is 66.1 cm³/mol. The van der Waals surface area contributed by atoms with E-state index in [-0.39, 0.29) is 28.8 Å². The normalized spacial score (nSPS) is 32.9. The summed E-state index contributed by atoms with van der Waals surface area (Å²) in [4.78, 5) is 12.1. The second kappa shape index (κ2) is 4.14. The fraction of sp³-hybridized carbons (Fsp3) is 0.929. The lowest BCUT2D eigenvalue weighted by molar-refractivity contribution is -0.138. The number of ketones is 1. The van der Waals surface area contributed by atoms with Crippen molar-refractivity contribution in [3.8, 4) is 0 Å². The van der Waals surface area contributed by atoms with Gasteiger partial charge in [0.25, 0.3) is 0 Å². The molecule has 0 bridgehead atoms. The molecular formula is C14H26O2. The van der Waals surface area contributed by atoms with Gasteiger partial charge in [-0.1, -0.05) is 41.5 Å². The second-order valence-electron chi connectivity index (χ2n) is 7.36. The number of carbonyl (C=O) groups excluding carboxylic acids is 1. The van der Waals surface area contributed by atoms with Crippen LogP contribution in [0.4, 0.5) is 0 Å². The van der Waals surface area contributed by atoms with Crippen LogP contribution in [0.2, 0.25) is 0 Å². The number of hydrogen-bond donors (Lipinski definition) is 1. The topological polar surface area (TPSA) is 37.3 Å². The lowest BCUT2D eigenvalue weighted by Gasteiger charge is -2.43. The highest BCUT2D eigenvalue weighted by atomic mass is 16.3. The molecule has 1 aliphatic carbocycles. The summed E-state index contributed by atoms with van der Waals surface area (Å²) in [6.45, 7) is 12.6. The first-order chi connectivity index (χ1) is 7.03. The molecule has 2 heteroatoms. The molecule has 94 valence electrons. The van der Waals surface area contributed by atoms with Crippen LogP contribution in [-0.4, -0.2) is 17.0 Å². The molecular weight excluding hydrogens is 200 g/mol. The molecule has 3 atom stereocenters. The third kappa shape index (κ3) is 2.85. The van der Waals surface area contributed by atoms with Crippen molar-refractivity contribution in [2.24, 2.45) is 22.7 Å². The van der Waals surface area contributed by atoms with Crippen LogP contribution in [0.5, 0.6) is 0 Å². The summed E-state index contributed by atoms with van der Waals surface area (Å²) in [5.41, 5.74) is -0.0150. The number of Topliss-reactive ketones (excluding diaryl/α,β-unsaturated/α-hetero) is 1. The van der Waals surface area contributed by atoms with E-state index in [4.69, 9.17) is 0 Å². The van der Waals surface area contributed by atoms with Gasteiger partial charge < -0.3 is 5.11 Å². The predicted octanol–water partition coefficient (Wildman–Crippen LogP) is 3.03. The van der Waals surface area contributed by atoms with Gasteiger partial charge in [0.15, 0.2) is 0 Å². The van der Waals surface area contributed by atoms with Crippen molar-refractivity contribution in [1.29, 1.82) is 0 Å². The van der Waals surface area contributed by atoms with Gasteiger partial charge >= 0.3 is 0 Å². The fourth-order valence-corrected chi connectivity index (χ4v) is 2.75. The van der Waals surface area contributed by atoms with Gasteiger partial charge in [-0.25, -0.2) is 0 Å². The Labute approximate surface area is 99.4 Å². The average molecular weight is 226 g/mol. The summed E-state index contributed by atoms with van der Waals surface area (Å²) in [6.07, 6.45) is 0.832. The number of rotatable bonds is 0. The minimum atomic E-state index is -0.332. The average Bonchev–Trinajstić information content (AvgIpc) is 2.04. The Morgan fingerprint density at radius 1 is 1.06 bits per heavy atom. The maximum Gasteiger partial charge on any atom is 0.136 e. The molecule has 0 spiro atoms. The Hall–Kier alpha value is -0.370. The highest BCUT2D eigenvalue weighted by Gasteiger charge is 2.44. The largest absolute Gasteiger partial charge is 0.393 e. The second-order valence-corrected chi connectivity index (χ2v) is 7.36. The number of carbonyl (C=O) groups is 1. The zero-order chi connectivity index (χ0) is 12.7. The number of aliphatic hydroxyl groups is 1. The van der Waals surface area contributed by atoms with Crippen LogP contribution < -0.4 is 0 Å². The Bertz CT molecular complexity index is 267. The Morgan fingerprint density at radius 3 is 1.94 bits per heavy atom. The van der Waals surface area contributed by atoms with Crippen molar-refractivity contribution in [3.05, 3.63) is 0 Å². The van der Waals surface area contributed by atoms with E-state index in [1.54, 1.807) is 0 Å². The van der Waals surface area contributed by atoms with Crippen LogP contribution in [0.15, 0.2) is 0 Å². The first-order valence-corrected chi connectivity index (χ1v) is 6.24. The molecule has 0 aromatic carbocycles. The standard InChI is InChI=1S/C14H26O2/c1-13(2,3)9-7-12(16)10(8-11(9)15)14(4,5)6/h9-11,15H,7-8H2,1-6H3/t9-,10+,11+/m0/s1. The van der Waals surface area contributed by atoms with Gasteiger partial charge in [0, 0.05) is 12.3 Å². The summed E-state index contributed by atoms with van der Waals surface area (Å²) >= 11 is 0. The summed E-state index contributed by atoms with van der Waals surface area (Å²) in [5, 5.41) is 10.2. The van der Waals surface area contributed by atoms with Crippen LogP contribution >= 0.6 is 0 Å².